The number of aliphatic carboxylic acids is 1. The summed E-state index contributed by atoms with van der Waals surface area (Å²) in [6, 6.07) is 3.57. The van der Waals surface area contributed by atoms with E-state index >= 15 is 0 Å². The number of fused-ring (bicyclic) bond motifs is 7. The number of amides is 1. The van der Waals surface area contributed by atoms with Gasteiger partial charge in [-0.2, -0.15) is 0 Å². The lowest BCUT2D eigenvalue weighted by atomic mass is 9.33. The van der Waals surface area contributed by atoms with Gasteiger partial charge in [0.2, 0.25) is 5.91 Å². The van der Waals surface area contributed by atoms with E-state index in [4.69, 9.17) is 0 Å². The molecule has 0 aliphatic heterocycles. The maximum absolute atomic E-state index is 14.0. The third kappa shape index (κ3) is 4.52. The zero-order valence-electron chi connectivity index (χ0n) is 28.1. The van der Waals surface area contributed by atoms with Crippen molar-refractivity contribution in [1.29, 1.82) is 0 Å². The Morgan fingerprint density at radius 2 is 1.60 bits per heavy atom. The first-order chi connectivity index (χ1) is 20.8. The number of nitrogens with one attached hydrogen (secondary N) is 1. The highest BCUT2D eigenvalue weighted by Gasteiger charge is 2.70. The minimum absolute atomic E-state index is 0.0226. The molecule has 0 spiro atoms. The van der Waals surface area contributed by atoms with E-state index in [1.807, 2.05) is 13.8 Å². The summed E-state index contributed by atoms with van der Waals surface area (Å²) in [6.07, 6.45) is 9.66. The van der Waals surface area contributed by atoms with Crippen molar-refractivity contribution >= 4 is 17.7 Å². The summed E-state index contributed by atoms with van der Waals surface area (Å²) >= 11 is 0. The van der Waals surface area contributed by atoms with Crippen molar-refractivity contribution in [3.63, 3.8) is 0 Å². The monoisotopic (exact) mass is 623 g/mol. The Bertz CT molecular complexity index is 1480. The van der Waals surface area contributed by atoms with Crippen molar-refractivity contribution in [3.8, 4) is 0 Å². The van der Waals surface area contributed by atoms with E-state index in [1.54, 1.807) is 0 Å². The number of carboxylic acids is 1. The second-order valence-corrected chi connectivity index (χ2v) is 17.5. The van der Waals surface area contributed by atoms with Crippen molar-refractivity contribution in [2.75, 3.05) is 0 Å². The number of carbonyl (C=O) groups is 3. The molecule has 6 rings (SSSR count). The lowest BCUT2D eigenvalue weighted by Crippen LogP contribution is -2.66. The first-order valence-corrected chi connectivity index (χ1v) is 17.0. The van der Waals surface area contributed by atoms with Crippen molar-refractivity contribution in [3.05, 3.63) is 47.0 Å². The number of carbonyl (C=O) groups excluding carboxylic acids is 2. The molecule has 1 aromatic carbocycles. The van der Waals surface area contributed by atoms with Gasteiger partial charge in [-0.15, -0.1) is 0 Å². The van der Waals surface area contributed by atoms with Crippen molar-refractivity contribution in [2.45, 2.75) is 113 Å². The molecule has 246 valence electrons. The van der Waals surface area contributed by atoms with E-state index in [1.165, 1.54) is 11.6 Å². The first-order valence-electron chi connectivity index (χ1n) is 17.0. The van der Waals surface area contributed by atoms with Gasteiger partial charge in [-0.25, -0.2) is 8.78 Å². The molecule has 1 aromatic rings. The Balaban J connectivity index is 1.34. The molecule has 5 nitrogen and oxygen atoms in total. The number of benzene rings is 1. The lowest BCUT2D eigenvalue weighted by Gasteiger charge is -2.70. The maximum Gasteiger partial charge on any atom is 0.310 e. The molecule has 4 fully saturated rings. The molecule has 0 heterocycles. The molecule has 5 aliphatic rings. The minimum Gasteiger partial charge on any atom is -0.481 e. The van der Waals surface area contributed by atoms with Gasteiger partial charge in [0.15, 0.2) is 17.4 Å². The van der Waals surface area contributed by atoms with Crippen LogP contribution in [-0.4, -0.2) is 22.8 Å². The van der Waals surface area contributed by atoms with Crippen LogP contribution >= 0.6 is 0 Å². The molecular weight excluding hydrogens is 572 g/mol. The summed E-state index contributed by atoms with van der Waals surface area (Å²) in [4.78, 5) is 40.7. The van der Waals surface area contributed by atoms with Crippen molar-refractivity contribution in [2.24, 2.45) is 56.2 Å². The van der Waals surface area contributed by atoms with Crippen LogP contribution in [0.3, 0.4) is 0 Å². The Kier molecular flexibility index (Phi) is 7.35. The van der Waals surface area contributed by atoms with Crippen LogP contribution in [0.5, 0.6) is 0 Å². The standard InChI is InChI=1S/C38H51F2NO4/c1-33(2)14-16-38(32(44)45)17-15-36(6)24(25(38)20-33)9-11-29-35(5)19-23(30(42)34(3,4)28(35)12-13-37(29,36)7)31(43)41-21-22-8-10-26(39)27(40)18-22/h8-10,18,23,25,28-29H,11-17,19-21H2,1-7H3,(H,41,43)(H,44,45)/t23?,25?,28?,29?,35-,36+,37+,38-/m0/s1. The Morgan fingerprint density at radius 3 is 2.27 bits per heavy atom. The third-order valence-electron chi connectivity index (χ3n) is 14.6. The number of rotatable bonds is 4. The van der Waals surface area contributed by atoms with Gasteiger partial charge in [0.25, 0.3) is 0 Å². The number of allylic oxidation sites excluding steroid dienone is 2. The van der Waals surface area contributed by atoms with Crippen molar-refractivity contribution < 1.29 is 28.3 Å². The van der Waals surface area contributed by atoms with Gasteiger partial charge >= 0.3 is 5.97 Å². The molecule has 4 saturated carbocycles. The quantitative estimate of drug-likeness (QED) is 0.261. The molecule has 8 atom stereocenters. The topological polar surface area (TPSA) is 83.5 Å². The number of Topliss-reactive ketones (excluding diaryl/α,β-unsaturated/α-hetero) is 1. The Hall–Kier alpha value is -2.57. The summed E-state index contributed by atoms with van der Waals surface area (Å²) < 4.78 is 27.3. The fourth-order valence-corrected chi connectivity index (χ4v) is 11.8. The summed E-state index contributed by atoms with van der Waals surface area (Å²) in [5, 5.41) is 13.5. The highest BCUT2D eigenvalue weighted by Crippen LogP contribution is 2.75. The minimum atomic E-state index is -0.966. The molecule has 1 amide bonds. The molecule has 2 N–H and O–H groups in total. The normalized spacial score (nSPS) is 41.4. The number of hydrogen-bond donors (Lipinski definition) is 2. The second-order valence-electron chi connectivity index (χ2n) is 17.5. The summed E-state index contributed by atoms with van der Waals surface area (Å²) in [6.45, 7) is 15.7. The van der Waals surface area contributed by atoms with Crippen LogP contribution in [0.15, 0.2) is 29.8 Å². The predicted octanol–water partition coefficient (Wildman–Crippen LogP) is 8.26. The third-order valence-corrected chi connectivity index (χ3v) is 14.6. The van der Waals surface area contributed by atoms with E-state index in [0.29, 0.717) is 18.4 Å². The van der Waals surface area contributed by atoms with Gasteiger partial charge in [-0.3, -0.25) is 14.4 Å². The molecule has 0 bridgehead atoms. The van der Waals surface area contributed by atoms with Gasteiger partial charge in [-0.1, -0.05) is 66.2 Å². The number of hydrogen-bond acceptors (Lipinski definition) is 3. The maximum atomic E-state index is 14.0. The predicted molar refractivity (Wildman–Crippen MR) is 169 cm³/mol. The lowest BCUT2D eigenvalue weighted by molar-refractivity contribution is -0.195. The summed E-state index contributed by atoms with van der Waals surface area (Å²) in [5.74, 6) is -3.37. The molecule has 5 aliphatic carbocycles. The van der Waals surface area contributed by atoms with E-state index in [9.17, 15) is 28.3 Å². The molecule has 4 unspecified atom stereocenters. The van der Waals surface area contributed by atoms with E-state index in [0.717, 1.165) is 57.1 Å². The highest BCUT2D eigenvalue weighted by atomic mass is 19.2. The zero-order valence-corrected chi connectivity index (χ0v) is 28.1. The molecule has 0 saturated heterocycles. The van der Waals surface area contributed by atoms with E-state index < -0.39 is 34.4 Å². The van der Waals surface area contributed by atoms with Crippen LogP contribution in [0, 0.1) is 67.8 Å². The van der Waals surface area contributed by atoms with Crippen molar-refractivity contribution in [1.82, 2.24) is 5.32 Å². The number of carboxylic acid groups (broad SMARTS) is 1. The zero-order chi connectivity index (χ0) is 33.0. The van der Waals surface area contributed by atoms with Crippen LogP contribution in [-0.2, 0) is 20.9 Å². The summed E-state index contributed by atoms with van der Waals surface area (Å²) in [5.41, 5.74) is -0.0310. The summed E-state index contributed by atoms with van der Waals surface area (Å²) in [7, 11) is 0. The average Bonchev–Trinajstić information content (AvgIpc) is 2.95. The second kappa shape index (κ2) is 10.2. The number of ketones is 1. The Labute approximate surface area is 267 Å². The highest BCUT2D eigenvalue weighted by molar-refractivity contribution is 6.04. The van der Waals surface area contributed by atoms with Gasteiger partial charge < -0.3 is 10.4 Å². The van der Waals surface area contributed by atoms with Gasteiger partial charge in [0.1, 0.15) is 0 Å². The molecule has 7 heteroatoms. The molecular formula is C38H51F2NO4. The SMILES string of the molecule is CC1(C)CC[C@]2(C(=O)O)CC[C@]3(C)C(=CCC4[C@@]5(C)CC(C(=O)NCc6ccc(F)c(F)c6)C(=O)C(C)(C)C5CC[C@]43C)C2C1. The molecule has 45 heavy (non-hydrogen) atoms. The van der Waals surface area contributed by atoms with Crippen LogP contribution < -0.4 is 5.32 Å². The van der Waals surface area contributed by atoms with Gasteiger partial charge in [0, 0.05) is 12.0 Å². The Morgan fingerprint density at radius 1 is 0.911 bits per heavy atom. The fraction of sp³-hybridized carbons (Fsp3) is 0.711. The van der Waals surface area contributed by atoms with Crippen LogP contribution in [0.2, 0.25) is 0 Å². The smallest absolute Gasteiger partial charge is 0.310 e. The van der Waals surface area contributed by atoms with Gasteiger partial charge in [-0.05, 0) is 115 Å². The fourth-order valence-electron chi connectivity index (χ4n) is 11.8. The van der Waals surface area contributed by atoms with Crippen LogP contribution in [0.4, 0.5) is 8.78 Å². The number of halogens is 2. The average molecular weight is 624 g/mol. The van der Waals surface area contributed by atoms with E-state index in [2.05, 4.69) is 46.0 Å². The van der Waals surface area contributed by atoms with Crippen LogP contribution in [0.25, 0.3) is 0 Å². The first kappa shape index (κ1) is 32.4. The van der Waals surface area contributed by atoms with Crippen LogP contribution in [0.1, 0.15) is 112 Å². The molecule has 0 aromatic heterocycles. The van der Waals surface area contributed by atoms with E-state index in [-0.39, 0.29) is 57.6 Å². The largest absolute Gasteiger partial charge is 0.481 e. The van der Waals surface area contributed by atoms with Gasteiger partial charge in [0.05, 0.1) is 11.3 Å². The molecule has 0 radical (unpaired) electrons.